The highest BCUT2D eigenvalue weighted by atomic mass is 16.5. The minimum absolute atomic E-state index is 0.0103. The van der Waals surface area contributed by atoms with Crippen molar-refractivity contribution in [2.45, 2.75) is 45.4 Å². The van der Waals surface area contributed by atoms with E-state index in [4.69, 9.17) is 4.74 Å². The molecule has 0 fully saturated rings. The van der Waals surface area contributed by atoms with Gasteiger partial charge in [0.25, 0.3) is 0 Å². The van der Waals surface area contributed by atoms with Crippen LogP contribution in [-0.4, -0.2) is 47.6 Å². The second-order valence-corrected chi connectivity index (χ2v) is 7.84. The van der Waals surface area contributed by atoms with Crippen molar-refractivity contribution in [2.75, 3.05) is 6.54 Å². The minimum Gasteiger partial charge on any atom is -0.481 e. The zero-order valence-corrected chi connectivity index (χ0v) is 19.3. The molecule has 3 atom stereocenters. The lowest BCUT2D eigenvalue weighted by Gasteiger charge is -2.26. The summed E-state index contributed by atoms with van der Waals surface area (Å²) < 4.78 is 5.19. The van der Waals surface area contributed by atoms with Crippen molar-refractivity contribution in [1.29, 1.82) is 0 Å². The number of hydrogen-bond acceptors (Lipinski definition) is 5. The third kappa shape index (κ3) is 8.57. The monoisotopic (exact) mass is 469 g/mol. The highest BCUT2D eigenvalue weighted by Crippen LogP contribution is 2.15. The predicted molar refractivity (Wildman–Crippen MR) is 126 cm³/mol. The Kier molecular flexibility index (Phi) is 10.6. The molecule has 0 aliphatic rings. The van der Waals surface area contributed by atoms with Gasteiger partial charge in [-0.2, -0.15) is 0 Å². The zero-order valence-electron chi connectivity index (χ0n) is 19.3. The van der Waals surface area contributed by atoms with Crippen molar-refractivity contribution in [3.05, 3.63) is 71.8 Å². The fourth-order valence-corrected chi connectivity index (χ4v) is 3.23. The summed E-state index contributed by atoms with van der Waals surface area (Å²) in [4.78, 5) is 49.8. The van der Waals surface area contributed by atoms with Crippen LogP contribution in [0.3, 0.4) is 0 Å². The Bertz CT molecular complexity index is 952. The summed E-state index contributed by atoms with van der Waals surface area (Å²) in [5.74, 6) is -3.76. The molecular formula is C25H31N3O6. The lowest BCUT2D eigenvalue weighted by Crippen LogP contribution is -2.57. The van der Waals surface area contributed by atoms with Gasteiger partial charge in [-0.05, 0) is 30.9 Å². The highest BCUT2D eigenvalue weighted by Gasteiger charge is 2.36. The molecule has 34 heavy (non-hydrogen) atoms. The van der Waals surface area contributed by atoms with Crippen molar-refractivity contribution in [3.63, 3.8) is 0 Å². The summed E-state index contributed by atoms with van der Waals surface area (Å²) >= 11 is 0. The SMILES string of the molecule is CCCNC(=O)[C@@H](C)NC(=O)[C@@H](NC(=O)OCc1ccccc1)C(Cc1ccccc1)C(=O)O. The second kappa shape index (κ2) is 13.6. The number of amides is 3. The molecule has 3 amide bonds. The second-order valence-electron chi connectivity index (χ2n) is 7.84. The number of benzene rings is 2. The Hall–Kier alpha value is -3.88. The van der Waals surface area contributed by atoms with E-state index in [1.807, 2.05) is 13.0 Å². The topological polar surface area (TPSA) is 134 Å². The van der Waals surface area contributed by atoms with E-state index in [-0.39, 0.29) is 13.0 Å². The molecule has 9 nitrogen and oxygen atoms in total. The maximum Gasteiger partial charge on any atom is 0.408 e. The summed E-state index contributed by atoms with van der Waals surface area (Å²) in [6.45, 7) is 3.78. The van der Waals surface area contributed by atoms with Crippen molar-refractivity contribution in [3.8, 4) is 0 Å². The molecule has 0 heterocycles. The molecule has 0 bridgehead atoms. The summed E-state index contributed by atoms with van der Waals surface area (Å²) in [6.07, 6.45) is -0.225. The van der Waals surface area contributed by atoms with E-state index < -0.39 is 41.9 Å². The van der Waals surface area contributed by atoms with Gasteiger partial charge in [-0.1, -0.05) is 67.6 Å². The van der Waals surface area contributed by atoms with Crippen LogP contribution in [0.4, 0.5) is 4.79 Å². The summed E-state index contributed by atoms with van der Waals surface area (Å²) in [5.41, 5.74) is 1.42. The molecule has 0 aromatic heterocycles. The zero-order chi connectivity index (χ0) is 24.9. The Balaban J connectivity index is 2.17. The Morgan fingerprint density at radius 1 is 0.882 bits per heavy atom. The van der Waals surface area contributed by atoms with E-state index in [9.17, 15) is 24.3 Å². The smallest absolute Gasteiger partial charge is 0.408 e. The van der Waals surface area contributed by atoms with Gasteiger partial charge >= 0.3 is 12.1 Å². The molecule has 0 aliphatic heterocycles. The summed E-state index contributed by atoms with van der Waals surface area (Å²) in [6, 6.07) is 15.3. The van der Waals surface area contributed by atoms with Crippen molar-refractivity contribution >= 4 is 23.9 Å². The van der Waals surface area contributed by atoms with E-state index in [0.29, 0.717) is 12.1 Å². The van der Waals surface area contributed by atoms with Crippen LogP contribution in [0, 0.1) is 5.92 Å². The quantitative estimate of drug-likeness (QED) is 0.377. The van der Waals surface area contributed by atoms with Gasteiger partial charge in [-0.25, -0.2) is 4.79 Å². The van der Waals surface area contributed by atoms with E-state index >= 15 is 0 Å². The summed E-state index contributed by atoms with van der Waals surface area (Å²) in [7, 11) is 0. The molecular weight excluding hydrogens is 438 g/mol. The van der Waals surface area contributed by atoms with Crippen LogP contribution < -0.4 is 16.0 Å². The van der Waals surface area contributed by atoms with Crippen LogP contribution in [0.25, 0.3) is 0 Å². The van der Waals surface area contributed by atoms with Crippen LogP contribution in [0.1, 0.15) is 31.4 Å². The number of hydrogen-bond donors (Lipinski definition) is 4. The fraction of sp³-hybridized carbons (Fsp3) is 0.360. The van der Waals surface area contributed by atoms with Crippen molar-refractivity contribution in [1.82, 2.24) is 16.0 Å². The van der Waals surface area contributed by atoms with Crippen LogP contribution in [0.15, 0.2) is 60.7 Å². The van der Waals surface area contributed by atoms with Gasteiger partial charge in [-0.15, -0.1) is 0 Å². The first-order valence-corrected chi connectivity index (χ1v) is 11.1. The first kappa shape index (κ1) is 26.4. The van der Waals surface area contributed by atoms with Crippen molar-refractivity contribution in [2.24, 2.45) is 5.92 Å². The number of carbonyl (C=O) groups is 4. The van der Waals surface area contributed by atoms with Gasteiger partial charge in [0, 0.05) is 6.54 Å². The lowest BCUT2D eigenvalue weighted by atomic mass is 9.91. The van der Waals surface area contributed by atoms with Gasteiger partial charge in [0.2, 0.25) is 11.8 Å². The van der Waals surface area contributed by atoms with Gasteiger partial charge < -0.3 is 25.8 Å². The number of carboxylic acids is 1. The number of nitrogens with one attached hydrogen (secondary N) is 3. The number of alkyl carbamates (subject to hydrolysis) is 1. The molecule has 4 N–H and O–H groups in total. The molecule has 0 saturated heterocycles. The maximum atomic E-state index is 13.1. The maximum absolute atomic E-state index is 13.1. The third-order valence-corrected chi connectivity index (χ3v) is 5.09. The highest BCUT2D eigenvalue weighted by molar-refractivity contribution is 5.94. The Morgan fingerprint density at radius 2 is 1.47 bits per heavy atom. The largest absolute Gasteiger partial charge is 0.481 e. The van der Waals surface area contributed by atoms with Gasteiger partial charge in [0.05, 0.1) is 5.92 Å². The van der Waals surface area contributed by atoms with Crippen molar-refractivity contribution < 1.29 is 29.0 Å². The average molecular weight is 470 g/mol. The molecule has 0 saturated carbocycles. The molecule has 9 heteroatoms. The molecule has 2 aromatic rings. The van der Waals surface area contributed by atoms with Crippen LogP contribution in [0.5, 0.6) is 0 Å². The first-order valence-electron chi connectivity index (χ1n) is 11.1. The number of aliphatic carboxylic acids is 1. The Labute approximate surface area is 198 Å². The lowest BCUT2D eigenvalue weighted by molar-refractivity contribution is -0.145. The standard InChI is InChI=1S/C25H31N3O6/c1-3-14-26-22(29)17(2)27-23(30)21(20(24(31)32)15-18-10-6-4-7-11-18)28-25(33)34-16-19-12-8-5-9-13-19/h4-13,17,20-21H,3,14-16H2,1-2H3,(H,26,29)(H,27,30)(H,28,33)(H,31,32)/t17-,20?,21+/m1/s1. The molecule has 1 unspecified atom stereocenters. The van der Waals surface area contributed by atoms with Crippen LogP contribution >= 0.6 is 0 Å². The predicted octanol–water partition coefficient (Wildman–Crippen LogP) is 2.26. The molecule has 0 aliphatic carbocycles. The average Bonchev–Trinajstić information content (AvgIpc) is 2.84. The number of carbonyl (C=O) groups excluding carboxylic acids is 3. The Morgan fingerprint density at radius 3 is 2.03 bits per heavy atom. The van der Waals surface area contributed by atoms with Crippen LogP contribution in [0.2, 0.25) is 0 Å². The third-order valence-electron chi connectivity index (χ3n) is 5.09. The molecule has 2 rings (SSSR count). The van der Waals surface area contributed by atoms with Gasteiger partial charge in [0.15, 0.2) is 0 Å². The van der Waals surface area contributed by atoms with Gasteiger partial charge in [-0.3, -0.25) is 14.4 Å². The van der Waals surface area contributed by atoms with E-state index in [1.165, 1.54) is 6.92 Å². The number of rotatable bonds is 12. The number of ether oxygens (including phenoxy) is 1. The van der Waals surface area contributed by atoms with Gasteiger partial charge in [0.1, 0.15) is 18.7 Å². The van der Waals surface area contributed by atoms with E-state index in [0.717, 1.165) is 12.0 Å². The van der Waals surface area contributed by atoms with E-state index in [1.54, 1.807) is 54.6 Å². The number of carboxylic acid groups (broad SMARTS) is 1. The molecule has 182 valence electrons. The normalized spacial score (nSPS) is 13.1. The molecule has 0 spiro atoms. The minimum atomic E-state index is -1.47. The van der Waals surface area contributed by atoms with E-state index in [2.05, 4.69) is 16.0 Å². The molecule has 0 radical (unpaired) electrons. The first-order chi connectivity index (χ1) is 16.3. The van der Waals surface area contributed by atoms with Crippen LogP contribution in [-0.2, 0) is 32.1 Å². The summed E-state index contributed by atoms with van der Waals surface area (Å²) in [5, 5.41) is 17.4. The molecule has 2 aromatic carbocycles. The fourth-order valence-electron chi connectivity index (χ4n) is 3.23.